The molecule has 2 aliphatic rings. The first-order valence-corrected chi connectivity index (χ1v) is 12.4. The third-order valence-corrected chi connectivity index (χ3v) is 5.90. The zero-order valence-electron chi connectivity index (χ0n) is 20.6. The van der Waals surface area contributed by atoms with Crippen molar-refractivity contribution in [1.82, 2.24) is 0 Å². The molecule has 4 rings (SSSR count). The molecule has 36 heavy (non-hydrogen) atoms. The molecule has 4 unspecified atom stereocenters. The van der Waals surface area contributed by atoms with Gasteiger partial charge in [-0.3, -0.25) is 0 Å². The number of benzene rings is 2. The molecule has 2 aliphatic heterocycles. The van der Waals surface area contributed by atoms with Crippen molar-refractivity contribution in [3.05, 3.63) is 60.7 Å². The molecule has 0 aromatic heterocycles. The molecule has 0 radical (unpaired) electrons. The summed E-state index contributed by atoms with van der Waals surface area (Å²) >= 11 is 0. The van der Waals surface area contributed by atoms with Crippen molar-refractivity contribution in [3.8, 4) is 11.5 Å². The Kier molecular flexibility index (Phi) is 9.75. The molecule has 2 heterocycles. The molecule has 2 aromatic carbocycles. The molecule has 2 saturated heterocycles. The summed E-state index contributed by atoms with van der Waals surface area (Å²) in [5.41, 5.74) is 1.88. The Hall–Kier alpha value is -2.46. The van der Waals surface area contributed by atoms with Crippen LogP contribution in [0, 0.1) is 0 Å². The van der Waals surface area contributed by atoms with Crippen LogP contribution in [0.5, 0.6) is 11.5 Å². The minimum absolute atomic E-state index is 0.0849. The lowest BCUT2D eigenvalue weighted by molar-refractivity contribution is 0.0215. The van der Waals surface area contributed by atoms with Gasteiger partial charge in [0.05, 0.1) is 51.8 Å². The number of ether oxygens (including phenoxy) is 6. The predicted molar refractivity (Wildman–Crippen MR) is 136 cm³/mol. The van der Waals surface area contributed by atoms with Gasteiger partial charge < -0.3 is 38.6 Å². The summed E-state index contributed by atoms with van der Waals surface area (Å²) in [5, 5.41) is 22.6. The van der Waals surface area contributed by atoms with Gasteiger partial charge >= 0.3 is 0 Å². The number of epoxide rings is 2. The van der Waals surface area contributed by atoms with E-state index in [0.29, 0.717) is 44.3 Å². The molecule has 0 bridgehead atoms. The fourth-order valence-electron chi connectivity index (χ4n) is 3.99. The Bertz CT molecular complexity index is 1010. The van der Waals surface area contributed by atoms with Gasteiger partial charge in [0.15, 0.2) is 0 Å². The lowest BCUT2D eigenvalue weighted by Crippen LogP contribution is -2.24. The molecule has 0 saturated carbocycles. The van der Waals surface area contributed by atoms with Crippen molar-refractivity contribution < 1.29 is 38.6 Å². The van der Waals surface area contributed by atoms with Gasteiger partial charge in [0.2, 0.25) is 0 Å². The van der Waals surface area contributed by atoms with Gasteiger partial charge in [-0.15, -0.1) is 13.2 Å². The van der Waals surface area contributed by atoms with E-state index in [9.17, 15) is 10.2 Å². The van der Waals surface area contributed by atoms with Crippen molar-refractivity contribution in [2.24, 2.45) is 0 Å². The molecular formula is C28H36O8. The summed E-state index contributed by atoms with van der Waals surface area (Å²) in [7, 11) is 0. The summed E-state index contributed by atoms with van der Waals surface area (Å²) < 4.78 is 34.0. The summed E-state index contributed by atoms with van der Waals surface area (Å²) in [6.45, 7) is 10.3. The predicted octanol–water partition coefficient (Wildman–Crippen LogP) is 2.61. The lowest BCUT2D eigenvalue weighted by Gasteiger charge is -2.20. The zero-order valence-corrected chi connectivity index (χ0v) is 20.6. The highest BCUT2D eigenvalue weighted by molar-refractivity contribution is 5.95. The normalized spacial score (nSPS) is 20.1. The highest BCUT2D eigenvalue weighted by Crippen LogP contribution is 2.39. The average Bonchev–Trinajstić information content (AvgIpc) is 3.79. The first-order valence-electron chi connectivity index (χ1n) is 12.4. The van der Waals surface area contributed by atoms with Gasteiger partial charge in [0, 0.05) is 23.6 Å². The van der Waals surface area contributed by atoms with Crippen LogP contribution in [0.15, 0.2) is 49.6 Å². The Balaban J connectivity index is 1.60. The molecule has 8 nitrogen and oxygen atoms in total. The largest absolute Gasteiger partial charge is 0.490 e. The Morgan fingerprint density at radius 3 is 2.00 bits per heavy atom. The van der Waals surface area contributed by atoms with Gasteiger partial charge in [0.25, 0.3) is 0 Å². The minimum Gasteiger partial charge on any atom is -0.490 e. The van der Waals surface area contributed by atoms with E-state index in [1.54, 1.807) is 12.2 Å². The fraction of sp³-hybridized carbons (Fsp3) is 0.500. The van der Waals surface area contributed by atoms with Gasteiger partial charge in [-0.1, -0.05) is 36.4 Å². The van der Waals surface area contributed by atoms with Crippen molar-refractivity contribution in [2.45, 2.75) is 37.3 Å². The van der Waals surface area contributed by atoms with Crippen LogP contribution in [0.4, 0.5) is 0 Å². The second kappa shape index (κ2) is 13.2. The number of fused-ring (bicyclic) bond motifs is 1. The number of hydrogen-bond donors (Lipinski definition) is 2. The van der Waals surface area contributed by atoms with Crippen LogP contribution in [-0.2, 0) is 31.8 Å². The van der Waals surface area contributed by atoms with Crippen molar-refractivity contribution >= 4 is 10.8 Å². The molecule has 2 fully saturated rings. The molecule has 0 spiro atoms. The molecule has 0 amide bonds. The molecule has 196 valence electrons. The van der Waals surface area contributed by atoms with Crippen LogP contribution in [0.1, 0.15) is 11.1 Å². The maximum absolute atomic E-state index is 10.5. The van der Waals surface area contributed by atoms with Gasteiger partial charge in [0.1, 0.15) is 36.9 Å². The molecule has 2 aromatic rings. The standard InChI is InChI=1S/C28H36O8/c1-3-9-31-13-21(29)11-19-5-7-26-25(27(19)36-18-24-17-34-24)8-6-20(12-23-16-33-23)28(26)35-15-22(30)14-32-10-4-2/h3-8,21-24,29-30H,1-2,9-18H2. The summed E-state index contributed by atoms with van der Waals surface area (Å²) in [6, 6.07) is 7.98. The van der Waals surface area contributed by atoms with Crippen LogP contribution in [0.2, 0.25) is 0 Å². The minimum atomic E-state index is -0.780. The third-order valence-electron chi connectivity index (χ3n) is 5.90. The smallest absolute Gasteiger partial charge is 0.130 e. The van der Waals surface area contributed by atoms with E-state index in [2.05, 4.69) is 13.2 Å². The van der Waals surface area contributed by atoms with E-state index in [0.717, 1.165) is 34.9 Å². The summed E-state index contributed by atoms with van der Waals surface area (Å²) in [6.07, 6.45) is 3.19. The second-order valence-electron chi connectivity index (χ2n) is 9.10. The molecule has 0 aliphatic carbocycles. The average molecular weight is 501 g/mol. The van der Waals surface area contributed by atoms with Crippen LogP contribution < -0.4 is 9.47 Å². The Labute approximate surface area is 212 Å². The molecule has 2 N–H and O–H groups in total. The van der Waals surface area contributed by atoms with E-state index in [-0.39, 0.29) is 32.0 Å². The first-order chi connectivity index (χ1) is 17.6. The number of rotatable bonds is 18. The maximum atomic E-state index is 10.5. The number of aliphatic hydroxyl groups excluding tert-OH is 2. The third kappa shape index (κ3) is 7.77. The van der Waals surface area contributed by atoms with Gasteiger partial charge in [-0.2, -0.15) is 0 Å². The van der Waals surface area contributed by atoms with Gasteiger partial charge in [-0.05, 0) is 11.1 Å². The van der Waals surface area contributed by atoms with Crippen LogP contribution in [0.25, 0.3) is 10.8 Å². The maximum Gasteiger partial charge on any atom is 0.130 e. The SMILES string of the molecule is C=CCOCC(O)COc1c(CC2CO2)ccc2c(OCC3CO3)c(CC(O)COCC=C)ccc12. The van der Waals surface area contributed by atoms with E-state index >= 15 is 0 Å². The van der Waals surface area contributed by atoms with E-state index in [1.165, 1.54) is 0 Å². The van der Waals surface area contributed by atoms with Crippen molar-refractivity contribution in [3.63, 3.8) is 0 Å². The number of hydrogen-bond acceptors (Lipinski definition) is 8. The Morgan fingerprint density at radius 2 is 1.39 bits per heavy atom. The lowest BCUT2D eigenvalue weighted by atomic mass is 9.97. The second-order valence-corrected chi connectivity index (χ2v) is 9.10. The van der Waals surface area contributed by atoms with Crippen LogP contribution >= 0.6 is 0 Å². The molecular weight excluding hydrogens is 464 g/mol. The first kappa shape index (κ1) is 26.6. The highest BCUT2D eigenvalue weighted by atomic mass is 16.6. The summed E-state index contributed by atoms with van der Waals surface area (Å²) in [5.74, 6) is 1.39. The monoisotopic (exact) mass is 500 g/mol. The van der Waals surface area contributed by atoms with Gasteiger partial charge in [-0.25, -0.2) is 0 Å². The summed E-state index contributed by atoms with van der Waals surface area (Å²) in [4.78, 5) is 0. The molecule has 8 heteroatoms. The Morgan fingerprint density at radius 1 is 0.806 bits per heavy atom. The van der Waals surface area contributed by atoms with E-state index in [1.807, 2.05) is 24.3 Å². The highest BCUT2D eigenvalue weighted by Gasteiger charge is 2.27. The van der Waals surface area contributed by atoms with E-state index in [4.69, 9.17) is 28.4 Å². The van der Waals surface area contributed by atoms with Crippen molar-refractivity contribution in [1.29, 1.82) is 0 Å². The van der Waals surface area contributed by atoms with Crippen LogP contribution in [-0.4, -0.2) is 87.5 Å². The topological polar surface area (TPSA) is 102 Å². The van der Waals surface area contributed by atoms with Crippen molar-refractivity contribution in [2.75, 3.05) is 52.9 Å². The van der Waals surface area contributed by atoms with Crippen LogP contribution in [0.3, 0.4) is 0 Å². The fourth-order valence-corrected chi connectivity index (χ4v) is 3.99. The number of aliphatic hydroxyl groups is 2. The zero-order chi connectivity index (χ0) is 25.3. The quantitative estimate of drug-likeness (QED) is 0.183. The van der Waals surface area contributed by atoms with E-state index < -0.39 is 12.2 Å². The molecule has 4 atom stereocenters.